The van der Waals surface area contributed by atoms with Gasteiger partial charge in [0.05, 0.1) is 7.11 Å². The highest BCUT2D eigenvalue weighted by Crippen LogP contribution is 2.57. The fraction of sp³-hybridized carbons (Fsp3) is 0.294. The standard InChI is InChI=1S/C17H15BrF2O/c1-21-11-7-14(19)16(15(20)8-11)17(18)13-9-12(13)10-5-3-2-4-6-10/h2-8,12-13,17H,9H2,1H3. The Morgan fingerprint density at radius 1 is 1.14 bits per heavy atom. The maximum Gasteiger partial charge on any atom is 0.134 e. The molecule has 0 bridgehead atoms. The first-order valence-corrected chi connectivity index (χ1v) is 7.75. The van der Waals surface area contributed by atoms with E-state index in [-0.39, 0.29) is 22.1 Å². The zero-order chi connectivity index (χ0) is 15.0. The van der Waals surface area contributed by atoms with Crippen molar-refractivity contribution in [2.24, 2.45) is 5.92 Å². The largest absolute Gasteiger partial charge is 0.497 e. The maximum atomic E-state index is 14.1. The van der Waals surface area contributed by atoms with Crippen molar-refractivity contribution >= 4 is 15.9 Å². The molecule has 110 valence electrons. The van der Waals surface area contributed by atoms with Crippen molar-refractivity contribution in [2.45, 2.75) is 17.2 Å². The van der Waals surface area contributed by atoms with E-state index in [1.807, 2.05) is 18.2 Å². The van der Waals surface area contributed by atoms with E-state index >= 15 is 0 Å². The Kier molecular flexibility index (Phi) is 3.98. The molecule has 0 spiro atoms. The Morgan fingerprint density at radius 2 is 1.76 bits per heavy atom. The summed E-state index contributed by atoms with van der Waals surface area (Å²) in [5.41, 5.74) is 1.32. The Morgan fingerprint density at radius 3 is 2.33 bits per heavy atom. The highest BCUT2D eigenvalue weighted by Gasteiger charge is 2.44. The molecule has 4 heteroatoms. The van der Waals surface area contributed by atoms with Crippen LogP contribution in [0.2, 0.25) is 0 Å². The molecule has 0 saturated heterocycles. The van der Waals surface area contributed by atoms with Crippen molar-refractivity contribution in [3.05, 3.63) is 65.2 Å². The van der Waals surface area contributed by atoms with Gasteiger partial charge in [-0.05, 0) is 23.8 Å². The first-order chi connectivity index (χ1) is 10.1. The summed E-state index contributed by atoms with van der Waals surface area (Å²) in [6.07, 6.45) is 0.935. The second kappa shape index (κ2) is 5.76. The molecule has 0 amide bonds. The van der Waals surface area contributed by atoms with E-state index in [1.54, 1.807) is 0 Å². The average Bonchev–Trinajstić information content (AvgIpc) is 3.27. The summed E-state index contributed by atoms with van der Waals surface area (Å²) < 4.78 is 33.1. The first-order valence-electron chi connectivity index (χ1n) is 6.83. The quantitative estimate of drug-likeness (QED) is 0.686. The van der Waals surface area contributed by atoms with Crippen molar-refractivity contribution in [3.8, 4) is 5.75 Å². The lowest BCUT2D eigenvalue weighted by Gasteiger charge is -2.13. The number of hydrogen-bond donors (Lipinski definition) is 0. The number of ether oxygens (including phenoxy) is 1. The van der Waals surface area contributed by atoms with Gasteiger partial charge in [0.25, 0.3) is 0 Å². The lowest BCUT2D eigenvalue weighted by Crippen LogP contribution is -2.03. The zero-order valence-electron chi connectivity index (χ0n) is 11.5. The van der Waals surface area contributed by atoms with Crippen molar-refractivity contribution in [1.82, 2.24) is 0 Å². The van der Waals surface area contributed by atoms with Crippen molar-refractivity contribution in [2.75, 3.05) is 7.11 Å². The molecular formula is C17H15BrF2O. The van der Waals surface area contributed by atoms with E-state index in [9.17, 15) is 8.78 Å². The van der Waals surface area contributed by atoms with Crippen molar-refractivity contribution in [3.63, 3.8) is 0 Å². The lowest BCUT2D eigenvalue weighted by atomic mass is 10.0. The van der Waals surface area contributed by atoms with Gasteiger partial charge >= 0.3 is 0 Å². The molecule has 1 nitrogen and oxygen atoms in total. The Bertz CT molecular complexity index is 621. The minimum Gasteiger partial charge on any atom is -0.497 e. The van der Waals surface area contributed by atoms with Gasteiger partial charge in [-0.25, -0.2) is 8.78 Å². The van der Waals surface area contributed by atoms with Gasteiger partial charge in [-0.2, -0.15) is 0 Å². The van der Waals surface area contributed by atoms with Gasteiger partial charge < -0.3 is 4.74 Å². The minimum absolute atomic E-state index is 0.0965. The number of benzene rings is 2. The fourth-order valence-corrected chi connectivity index (χ4v) is 3.80. The molecule has 1 saturated carbocycles. The smallest absolute Gasteiger partial charge is 0.134 e. The molecule has 0 radical (unpaired) electrons. The number of rotatable bonds is 4. The molecule has 3 atom stereocenters. The van der Waals surface area contributed by atoms with Gasteiger partial charge in [0.15, 0.2) is 0 Å². The van der Waals surface area contributed by atoms with E-state index < -0.39 is 11.6 Å². The second-order valence-corrected chi connectivity index (χ2v) is 6.31. The zero-order valence-corrected chi connectivity index (χ0v) is 13.1. The van der Waals surface area contributed by atoms with E-state index in [0.717, 1.165) is 6.42 Å². The number of alkyl halides is 1. The number of methoxy groups -OCH3 is 1. The predicted octanol–water partition coefficient (Wildman–Crippen LogP) is 5.21. The first kappa shape index (κ1) is 14.5. The summed E-state index contributed by atoms with van der Waals surface area (Å²) >= 11 is 3.48. The molecule has 0 N–H and O–H groups in total. The summed E-state index contributed by atoms with van der Waals surface area (Å²) in [7, 11) is 1.39. The summed E-state index contributed by atoms with van der Waals surface area (Å²) in [4.78, 5) is -0.325. The third-order valence-electron chi connectivity index (χ3n) is 4.01. The molecule has 1 fully saturated rings. The fourth-order valence-electron chi connectivity index (χ4n) is 2.78. The Hall–Kier alpha value is -1.42. The van der Waals surface area contributed by atoms with Crippen LogP contribution < -0.4 is 4.74 Å². The summed E-state index contributed by atoms with van der Waals surface area (Å²) in [6.45, 7) is 0. The van der Waals surface area contributed by atoms with Crippen LogP contribution in [0.1, 0.15) is 28.3 Å². The number of halogens is 3. The van der Waals surface area contributed by atoms with Crippen LogP contribution >= 0.6 is 15.9 Å². The average molecular weight is 353 g/mol. The van der Waals surface area contributed by atoms with Crippen molar-refractivity contribution in [1.29, 1.82) is 0 Å². The molecular weight excluding hydrogens is 338 g/mol. The normalized spacial score (nSPS) is 21.9. The number of hydrogen-bond acceptors (Lipinski definition) is 1. The van der Waals surface area contributed by atoms with Crippen LogP contribution in [0.3, 0.4) is 0 Å². The van der Waals surface area contributed by atoms with Crippen molar-refractivity contribution < 1.29 is 13.5 Å². The highest BCUT2D eigenvalue weighted by atomic mass is 79.9. The Labute approximate surface area is 131 Å². The molecule has 1 aliphatic carbocycles. The predicted molar refractivity (Wildman–Crippen MR) is 81.9 cm³/mol. The van der Waals surface area contributed by atoms with Crippen LogP contribution in [-0.2, 0) is 0 Å². The van der Waals surface area contributed by atoms with Crippen LogP contribution in [0.25, 0.3) is 0 Å². The summed E-state index contributed by atoms with van der Waals surface area (Å²) in [5.74, 6) is -0.356. The van der Waals surface area contributed by atoms with E-state index in [1.165, 1.54) is 24.8 Å². The van der Waals surface area contributed by atoms with Gasteiger partial charge in [-0.1, -0.05) is 46.3 Å². The third kappa shape index (κ3) is 2.82. The van der Waals surface area contributed by atoms with Crippen LogP contribution in [0.5, 0.6) is 5.75 Å². The highest BCUT2D eigenvalue weighted by molar-refractivity contribution is 9.09. The lowest BCUT2D eigenvalue weighted by molar-refractivity contribution is 0.404. The monoisotopic (exact) mass is 352 g/mol. The van der Waals surface area contributed by atoms with Crippen LogP contribution in [-0.4, -0.2) is 7.11 Å². The molecule has 3 rings (SSSR count). The van der Waals surface area contributed by atoms with Gasteiger partial charge in [-0.15, -0.1) is 0 Å². The van der Waals surface area contributed by atoms with E-state index in [4.69, 9.17) is 4.74 Å². The van der Waals surface area contributed by atoms with Crippen LogP contribution in [0.4, 0.5) is 8.78 Å². The van der Waals surface area contributed by atoms with Gasteiger partial charge in [-0.3, -0.25) is 0 Å². The van der Waals surface area contributed by atoms with E-state index in [2.05, 4.69) is 28.1 Å². The SMILES string of the molecule is COc1cc(F)c(C(Br)C2CC2c2ccccc2)c(F)c1. The topological polar surface area (TPSA) is 9.23 Å². The maximum absolute atomic E-state index is 14.1. The molecule has 0 aromatic heterocycles. The Balaban J connectivity index is 1.83. The molecule has 1 aliphatic rings. The molecule has 3 unspecified atom stereocenters. The minimum atomic E-state index is -0.563. The second-order valence-electron chi connectivity index (χ2n) is 5.32. The molecule has 2 aromatic rings. The summed E-state index contributed by atoms with van der Waals surface area (Å²) in [5, 5.41) is 0. The van der Waals surface area contributed by atoms with Gasteiger partial charge in [0.2, 0.25) is 0 Å². The van der Waals surface area contributed by atoms with E-state index in [0.29, 0.717) is 5.92 Å². The molecule has 21 heavy (non-hydrogen) atoms. The molecule has 0 heterocycles. The van der Waals surface area contributed by atoms with Gasteiger partial charge in [0, 0.05) is 22.5 Å². The molecule has 2 aromatic carbocycles. The van der Waals surface area contributed by atoms with Crippen LogP contribution in [0, 0.1) is 17.6 Å². The van der Waals surface area contributed by atoms with Gasteiger partial charge in [0.1, 0.15) is 17.4 Å². The van der Waals surface area contributed by atoms with Crippen LogP contribution in [0.15, 0.2) is 42.5 Å². The summed E-state index contributed by atoms with van der Waals surface area (Å²) in [6, 6.07) is 12.5. The molecule has 0 aliphatic heterocycles. The third-order valence-corrected chi connectivity index (χ3v) is 5.14.